The summed E-state index contributed by atoms with van der Waals surface area (Å²) in [6.45, 7) is 6.72. The maximum atomic E-state index is 12.2. The molecule has 0 radical (unpaired) electrons. The van der Waals surface area contributed by atoms with Gasteiger partial charge in [0.25, 0.3) is 0 Å². The molecule has 0 bridgehead atoms. The number of nitrogens with two attached hydrogens (primary N) is 1. The van der Waals surface area contributed by atoms with E-state index in [1.54, 1.807) is 0 Å². The highest BCUT2D eigenvalue weighted by Gasteiger charge is 2.35. The first-order chi connectivity index (χ1) is 8.99. The van der Waals surface area contributed by atoms with Crippen molar-refractivity contribution in [3.8, 4) is 0 Å². The predicted octanol–water partition coefficient (Wildman–Crippen LogP) is 0.441. The van der Waals surface area contributed by atoms with E-state index in [0.29, 0.717) is 32.1 Å². The molecule has 2 amide bonds. The van der Waals surface area contributed by atoms with Crippen LogP contribution in [0.3, 0.4) is 0 Å². The van der Waals surface area contributed by atoms with Crippen molar-refractivity contribution in [3.05, 3.63) is 0 Å². The minimum atomic E-state index is -0.398. The largest absolute Gasteiger partial charge is 0.339 e. The molecule has 1 saturated heterocycles. The summed E-state index contributed by atoms with van der Waals surface area (Å²) in [6, 6.07) is -0.398. The summed E-state index contributed by atoms with van der Waals surface area (Å²) in [5.74, 6) is 1.01. The van der Waals surface area contributed by atoms with Crippen LogP contribution in [0.1, 0.15) is 33.1 Å². The maximum absolute atomic E-state index is 12.2. The summed E-state index contributed by atoms with van der Waals surface area (Å²) in [5, 5.41) is 0. The molecule has 0 aromatic carbocycles. The van der Waals surface area contributed by atoms with Crippen LogP contribution in [0.25, 0.3) is 0 Å². The number of piperazine rings is 1. The Balaban J connectivity index is 1.78. The molecule has 1 aliphatic carbocycles. The molecule has 0 aromatic heterocycles. The van der Waals surface area contributed by atoms with Gasteiger partial charge in [-0.1, -0.05) is 13.8 Å². The molecule has 0 aromatic rings. The van der Waals surface area contributed by atoms with Crippen LogP contribution in [0, 0.1) is 11.8 Å². The van der Waals surface area contributed by atoms with Crippen LogP contribution in [-0.4, -0.2) is 53.8 Å². The van der Waals surface area contributed by atoms with E-state index >= 15 is 0 Å². The van der Waals surface area contributed by atoms with Crippen LogP contribution in [0.5, 0.6) is 0 Å². The smallest absolute Gasteiger partial charge is 0.239 e. The summed E-state index contributed by atoms with van der Waals surface area (Å²) in [4.78, 5) is 27.8. The van der Waals surface area contributed by atoms with E-state index in [-0.39, 0.29) is 17.7 Å². The molecule has 2 fully saturated rings. The Bertz CT molecular complexity index is 345. The van der Waals surface area contributed by atoms with Gasteiger partial charge in [-0.2, -0.15) is 0 Å². The van der Waals surface area contributed by atoms with Gasteiger partial charge in [0.2, 0.25) is 11.8 Å². The molecule has 19 heavy (non-hydrogen) atoms. The van der Waals surface area contributed by atoms with E-state index in [2.05, 4.69) is 13.8 Å². The fraction of sp³-hybridized carbons (Fsp3) is 0.857. The molecule has 0 spiro atoms. The lowest BCUT2D eigenvalue weighted by Gasteiger charge is -2.36. The van der Waals surface area contributed by atoms with Gasteiger partial charge < -0.3 is 15.5 Å². The second-order valence-corrected chi connectivity index (χ2v) is 6.16. The van der Waals surface area contributed by atoms with Gasteiger partial charge in [0, 0.05) is 32.1 Å². The van der Waals surface area contributed by atoms with Crippen LogP contribution < -0.4 is 5.73 Å². The number of amides is 2. The highest BCUT2D eigenvalue weighted by Crippen LogP contribution is 2.31. The zero-order valence-electron chi connectivity index (χ0n) is 12.0. The zero-order chi connectivity index (χ0) is 14.0. The van der Waals surface area contributed by atoms with E-state index in [0.717, 1.165) is 19.3 Å². The summed E-state index contributed by atoms with van der Waals surface area (Å²) >= 11 is 0. The maximum Gasteiger partial charge on any atom is 0.239 e. The minimum Gasteiger partial charge on any atom is -0.339 e. The summed E-state index contributed by atoms with van der Waals surface area (Å²) in [5.41, 5.74) is 5.93. The minimum absolute atomic E-state index is 0.0345. The second-order valence-electron chi connectivity index (χ2n) is 6.16. The third kappa shape index (κ3) is 3.69. The van der Waals surface area contributed by atoms with Gasteiger partial charge in [0.1, 0.15) is 0 Å². The van der Waals surface area contributed by atoms with Crippen molar-refractivity contribution < 1.29 is 9.59 Å². The van der Waals surface area contributed by atoms with Gasteiger partial charge >= 0.3 is 0 Å². The summed E-state index contributed by atoms with van der Waals surface area (Å²) in [6.07, 6.45) is 2.80. The Kier molecular flexibility index (Phi) is 4.45. The molecule has 5 nitrogen and oxygen atoms in total. The summed E-state index contributed by atoms with van der Waals surface area (Å²) < 4.78 is 0. The van der Waals surface area contributed by atoms with Gasteiger partial charge in [-0.05, 0) is 25.2 Å². The summed E-state index contributed by atoms with van der Waals surface area (Å²) in [7, 11) is 0. The molecular formula is C14H25N3O2. The number of hydrogen-bond donors (Lipinski definition) is 1. The van der Waals surface area contributed by atoms with E-state index < -0.39 is 6.04 Å². The third-order valence-corrected chi connectivity index (χ3v) is 3.87. The monoisotopic (exact) mass is 267 g/mol. The number of carbonyl (C=O) groups excluding carboxylic acids is 2. The van der Waals surface area contributed by atoms with Crippen molar-refractivity contribution in [1.29, 1.82) is 0 Å². The quantitative estimate of drug-likeness (QED) is 0.804. The molecule has 1 heterocycles. The number of hydrogen-bond acceptors (Lipinski definition) is 3. The Morgan fingerprint density at radius 3 is 2.11 bits per heavy atom. The molecule has 1 aliphatic heterocycles. The van der Waals surface area contributed by atoms with Gasteiger partial charge in [-0.25, -0.2) is 0 Å². The molecule has 2 aliphatic rings. The molecule has 2 N–H and O–H groups in total. The Morgan fingerprint density at radius 1 is 1.11 bits per heavy atom. The third-order valence-electron chi connectivity index (χ3n) is 3.87. The first-order valence-corrected chi connectivity index (χ1v) is 7.32. The average molecular weight is 267 g/mol. The van der Waals surface area contributed by atoms with Crippen molar-refractivity contribution in [2.75, 3.05) is 26.2 Å². The molecule has 108 valence electrons. The molecule has 1 saturated carbocycles. The molecule has 2 rings (SSSR count). The zero-order valence-corrected chi connectivity index (χ0v) is 12.0. The van der Waals surface area contributed by atoms with E-state index in [1.165, 1.54) is 0 Å². The van der Waals surface area contributed by atoms with E-state index in [4.69, 9.17) is 5.73 Å². The number of nitrogens with zero attached hydrogens (tertiary/aromatic N) is 2. The first kappa shape index (κ1) is 14.3. The second kappa shape index (κ2) is 5.90. The SMILES string of the molecule is CC(C)C[C@@H](N)C(=O)N1CCN(C(=O)C2CC2)CC1. The van der Waals surface area contributed by atoms with Crippen LogP contribution >= 0.6 is 0 Å². The molecule has 1 atom stereocenters. The highest BCUT2D eigenvalue weighted by atomic mass is 16.2. The molecule has 0 unspecified atom stereocenters. The van der Waals surface area contributed by atoms with Crippen molar-refractivity contribution in [1.82, 2.24) is 9.80 Å². The fourth-order valence-corrected chi connectivity index (χ4v) is 2.58. The number of carbonyl (C=O) groups is 2. The first-order valence-electron chi connectivity index (χ1n) is 7.32. The van der Waals surface area contributed by atoms with Crippen LogP contribution in [0.4, 0.5) is 0 Å². The van der Waals surface area contributed by atoms with Crippen LogP contribution in [-0.2, 0) is 9.59 Å². The Hall–Kier alpha value is -1.10. The fourth-order valence-electron chi connectivity index (χ4n) is 2.58. The van der Waals surface area contributed by atoms with Crippen molar-refractivity contribution in [2.24, 2.45) is 17.6 Å². The van der Waals surface area contributed by atoms with Gasteiger partial charge in [0.15, 0.2) is 0 Å². The van der Waals surface area contributed by atoms with Crippen molar-refractivity contribution in [3.63, 3.8) is 0 Å². The topological polar surface area (TPSA) is 66.6 Å². The molecule has 5 heteroatoms. The Morgan fingerprint density at radius 2 is 1.63 bits per heavy atom. The number of rotatable bonds is 4. The normalized spacial score (nSPS) is 21.7. The lowest BCUT2D eigenvalue weighted by Crippen LogP contribution is -2.54. The van der Waals surface area contributed by atoms with Crippen LogP contribution in [0.15, 0.2) is 0 Å². The highest BCUT2D eigenvalue weighted by molar-refractivity contribution is 5.83. The lowest BCUT2D eigenvalue weighted by atomic mass is 10.0. The Labute approximate surface area is 115 Å². The van der Waals surface area contributed by atoms with E-state index in [1.807, 2.05) is 9.80 Å². The van der Waals surface area contributed by atoms with Gasteiger partial charge in [0.05, 0.1) is 6.04 Å². The van der Waals surface area contributed by atoms with Gasteiger partial charge in [-0.3, -0.25) is 9.59 Å². The van der Waals surface area contributed by atoms with E-state index in [9.17, 15) is 9.59 Å². The standard InChI is InChI=1S/C14H25N3O2/c1-10(2)9-12(15)14(19)17-7-5-16(6-8-17)13(18)11-3-4-11/h10-12H,3-9,15H2,1-2H3/t12-/m1/s1. The average Bonchev–Trinajstić information content (AvgIpc) is 3.20. The predicted molar refractivity (Wildman–Crippen MR) is 73.3 cm³/mol. The molecular weight excluding hydrogens is 242 g/mol. The van der Waals surface area contributed by atoms with Gasteiger partial charge in [-0.15, -0.1) is 0 Å². The van der Waals surface area contributed by atoms with Crippen molar-refractivity contribution in [2.45, 2.75) is 39.2 Å². The van der Waals surface area contributed by atoms with Crippen molar-refractivity contribution >= 4 is 11.8 Å². The lowest BCUT2D eigenvalue weighted by molar-refractivity contribution is -0.141. The van der Waals surface area contributed by atoms with Crippen LogP contribution in [0.2, 0.25) is 0 Å².